The van der Waals surface area contributed by atoms with Crippen molar-refractivity contribution in [2.24, 2.45) is 0 Å². The summed E-state index contributed by atoms with van der Waals surface area (Å²) in [7, 11) is 0. The first-order chi connectivity index (χ1) is 7.25. The van der Waals surface area contributed by atoms with Crippen LogP contribution in [-0.2, 0) is 6.42 Å². The van der Waals surface area contributed by atoms with Crippen LogP contribution in [0.2, 0.25) is 0 Å². The van der Waals surface area contributed by atoms with Crippen LogP contribution in [0.5, 0.6) is 0 Å². The molecule has 0 spiro atoms. The summed E-state index contributed by atoms with van der Waals surface area (Å²) in [4.78, 5) is 8.40. The predicted molar refractivity (Wildman–Crippen MR) is 59.8 cm³/mol. The first kappa shape index (κ1) is 10.3. The highest BCUT2D eigenvalue weighted by Crippen LogP contribution is 2.18. The molecule has 0 aromatic carbocycles. The Morgan fingerprint density at radius 3 is 3.00 bits per heavy atom. The highest BCUT2D eigenvalue weighted by molar-refractivity contribution is 7.09. The predicted octanol–water partition coefficient (Wildman–Crippen LogP) is 2.18. The first-order valence-electron chi connectivity index (χ1n) is 4.77. The van der Waals surface area contributed by atoms with Crippen molar-refractivity contribution in [3.8, 4) is 0 Å². The van der Waals surface area contributed by atoms with E-state index in [9.17, 15) is 5.11 Å². The van der Waals surface area contributed by atoms with Gasteiger partial charge in [-0.2, -0.15) is 0 Å². The second kappa shape index (κ2) is 4.51. The molecule has 0 saturated heterocycles. The topological polar surface area (TPSA) is 46.0 Å². The van der Waals surface area contributed by atoms with E-state index in [1.165, 1.54) is 0 Å². The Bertz CT molecular complexity index is 425. The quantitative estimate of drug-likeness (QED) is 0.862. The number of aliphatic hydroxyl groups is 1. The van der Waals surface area contributed by atoms with Gasteiger partial charge >= 0.3 is 0 Å². The van der Waals surface area contributed by atoms with Crippen LogP contribution in [0.25, 0.3) is 0 Å². The molecule has 2 heterocycles. The molecular weight excluding hydrogens is 208 g/mol. The number of nitrogens with zero attached hydrogens (tertiary/aromatic N) is 2. The van der Waals surface area contributed by atoms with Crippen molar-refractivity contribution in [1.29, 1.82) is 0 Å². The minimum absolute atomic E-state index is 0.483. The second-order valence-electron chi connectivity index (χ2n) is 3.38. The molecule has 4 heteroatoms. The number of thiazole rings is 1. The van der Waals surface area contributed by atoms with Crippen molar-refractivity contribution >= 4 is 11.3 Å². The van der Waals surface area contributed by atoms with Crippen molar-refractivity contribution < 1.29 is 5.11 Å². The average Bonchev–Trinajstić information content (AvgIpc) is 2.68. The second-order valence-corrected chi connectivity index (χ2v) is 4.32. The van der Waals surface area contributed by atoms with Gasteiger partial charge in [-0.25, -0.2) is 4.98 Å². The number of rotatable bonds is 3. The van der Waals surface area contributed by atoms with Gasteiger partial charge in [-0.15, -0.1) is 11.3 Å². The minimum Gasteiger partial charge on any atom is -0.387 e. The molecule has 0 amide bonds. The molecule has 1 N–H and O–H groups in total. The normalized spacial score (nSPS) is 12.7. The smallest absolute Gasteiger partial charge is 0.0973 e. The van der Waals surface area contributed by atoms with Crippen molar-refractivity contribution in [2.45, 2.75) is 19.4 Å². The van der Waals surface area contributed by atoms with E-state index in [-0.39, 0.29) is 0 Å². The Morgan fingerprint density at radius 2 is 2.40 bits per heavy atom. The zero-order valence-corrected chi connectivity index (χ0v) is 9.24. The van der Waals surface area contributed by atoms with Crippen LogP contribution in [0.15, 0.2) is 29.9 Å². The molecule has 0 radical (unpaired) electrons. The number of aromatic nitrogens is 2. The van der Waals surface area contributed by atoms with E-state index in [2.05, 4.69) is 9.97 Å². The first-order valence-corrected chi connectivity index (χ1v) is 5.65. The van der Waals surface area contributed by atoms with Gasteiger partial charge in [0.25, 0.3) is 0 Å². The third-order valence-electron chi connectivity index (χ3n) is 2.08. The van der Waals surface area contributed by atoms with Gasteiger partial charge in [-0.05, 0) is 18.6 Å². The van der Waals surface area contributed by atoms with Gasteiger partial charge in [0, 0.05) is 24.2 Å². The maximum absolute atomic E-state index is 9.33. The van der Waals surface area contributed by atoms with E-state index in [4.69, 9.17) is 0 Å². The highest BCUT2D eigenvalue weighted by atomic mass is 32.1. The van der Waals surface area contributed by atoms with Gasteiger partial charge < -0.3 is 5.11 Å². The lowest BCUT2D eigenvalue weighted by Gasteiger charge is -1.97. The van der Waals surface area contributed by atoms with Gasteiger partial charge in [-0.1, -0.05) is 6.07 Å². The van der Waals surface area contributed by atoms with Gasteiger partial charge in [0.15, 0.2) is 0 Å². The summed E-state index contributed by atoms with van der Waals surface area (Å²) in [6.45, 7) is 1.73. The Hall–Kier alpha value is -1.26. The zero-order valence-electron chi connectivity index (χ0n) is 8.42. The maximum atomic E-state index is 9.33. The van der Waals surface area contributed by atoms with E-state index >= 15 is 0 Å². The summed E-state index contributed by atoms with van der Waals surface area (Å²) in [5, 5.41) is 12.2. The van der Waals surface area contributed by atoms with Gasteiger partial charge in [0.2, 0.25) is 0 Å². The van der Waals surface area contributed by atoms with Crippen molar-refractivity contribution in [2.75, 3.05) is 0 Å². The van der Waals surface area contributed by atoms with Crippen LogP contribution in [0, 0.1) is 0 Å². The van der Waals surface area contributed by atoms with Gasteiger partial charge in [0.1, 0.15) is 0 Å². The van der Waals surface area contributed by atoms with Crippen LogP contribution in [-0.4, -0.2) is 15.1 Å². The fourth-order valence-electron chi connectivity index (χ4n) is 1.28. The molecule has 0 saturated carbocycles. The molecular formula is C11H12N2OS. The third kappa shape index (κ3) is 2.61. The van der Waals surface area contributed by atoms with Crippen LogP contribution in [0.4, 0.5) is 0 Å². The van der Waals surface area contributed by atoms with Gasteiger partial charge in [-0.3, -0.25) is 4.98 Å². The third-order valence-corrected chi connectivity index (χ3v) is 2.94. The van der Waals surface area contributed by atoms with Crippen LogP contribution in [0.1, 0.15) is 29.3 Å². The van der Waals surface area contributed by atoms with Crippen LogP contribution in [0.3, 0.4) is 0 Å². The van der Waals surface area contributed by atoms with E-state index in [0.29, 0.717) is 0 Å². The molecule has 1 atom stereocenters. The molecule has 2 aromatic heterocycles. The zero-order chi connectivity index (χ0) is 10.7. The van der Waals surface area contributed by atoms with Crippen molar-refractivity contribution in [3.63, 3.8) is 0 Å². The molecule has 0 aliphatic heterocycles. The van der Waals surface area contributed by atoms with Crippen LogP contribution < -0.4 is 0 Å². The molecule has 2 aromatic rings. The summed E-state index contributed by atoms with van der Waals surface area (Å²) >= 11 is 1.57. The summed E-state index contributed by atoms with van der Waals surface area (Å²) in [5.41, 5.74) is 1.89. The lowest BCUT2D eigenvalue weighted by atomic mass is 10.2. The fraction of sp³-hybridized carbons (Fsp3) is 0.273. The molecule has 78 valence electrons. The number of hydrogen-bond acceptors (Lipinski definition) is 4. The molecule has 15 heavy (non-hydrogen) atoms. The highest BCUT2D eigenvalue weighted by Gasteiger charge is 2.07. The average molecular weight is 220 g/mol. The number of hydrogen-bond donors (Lipinski definition) is 1. The number of aliphatic hydroxyl groups excluding tert-OH is 1. The summed E-state index contributed by atoms with van der Waals surface area (Å²) < 4.78 is 0. The van der Waals surface area contributed by atoms with Gasteiger partial charge in [0.05, 0.1) is 16.8 Å². The molecule has 0 fully saturated rings. The van der Waals surface area contributed by atoms with Crippen molar-refractivity contribution in [3.05, 3.63) is 46.2 Å². The molecule has 0 aliphatic carbocycles. The summed E-state index contributed by atoms with van der Waals surface area (Å²) in [6.07, 6.45) is 3.89. The Labute approximate surface area is 92.5 Å². The van der Waals surface area contributed by atoms with Crippen LogP contribution >= 0.6 is 11.3 Å². The molecule has 3 nitrogen and oxygen atoms in total. The van der Waals surface area contributed by atoms with Crippen molar-refractivity contribution in [1.82, 2.24) is 9.97 Å². The molecule has 1 unspecified atom stereocenters. The van der Waals surface area contributed by atoms with E-state index < -0.39 is 6.10 Å². The Morgan fingerprint density at radius 1 is 1.53 bits per heavy atom. The number of pyridine rings is 1. The molecule has 0 bridgehead atoms. The maximum Gasteiger partial charge on any atom is 0.0973 e. The summed E-state index contributed by atoms with van der Waals surface area (Å²) in [5.74, 6) is 0. The lowest BCUT2D eigenvalue weighted by molar-refractivity contribution is 0.195. The summed E-state index contributed by atoms with van der Waals surface area (Å²) in [6, 6.07) is 3.94. The van der Waals surface area contributed by atoms with E-state index in [1.54, 1.807) is 24.5 Å². The largest absolute Gasteiger partial charge is 0.387 e. The van der Waals surface area contributed by atoms with E-state index in [1.807, 2.05) is 23.7 Å². The molecule has 2 rings (SSSR count). The monoisotopic (exact) mass is 220 g/mol. The SMILES string of the molecule is CC(O)c1csc(Cc2cccnc2)n1. The minimum atomic E-state index is -0.483. The Balaban J connectivity index is 2.12. The fourth-order valence-corrected chi connectivity index (χ4v) is 2.19. The van der Waals surface area contributed by atoms with E-state index in [0.717, 1.165) is 22.7 Å². The standard InChI is InChI=1S/C11H12N2OS/c1-8(14)10-7-15-11(13-10)5-9-3-2-4-12-6-9/h2-4,6-8,14H,5H2,1H3. The molecule has 0 aliphatic rings. The lowest BCUT2D eigenvalue weighted by Crippen LogP contribution is -1.93. The Kier molecular flexibility index (Phi) is 3.08.